The number of aromatic nitrogens is 1. The second kappa shape index (κ2) is 6.48. The molecule has 0 atom stereocenters. The van der Waals surface area contributed by atoms with Crippen LogP contribution in [0.3, 0.4) is 0 Å². The molecule has 0 aliphatic carbocycles. The van der Waals surface area contributed by atoms with E-state index in [4.69, 9.17) is 4.52 Å². The summed E-state index contributed by atoms with van der Waals surface area (Å²) in [4.78, 5) is 12.4. The van der Waals surface area contributed by atoms with Gasteiger partial charge in [0.1, 0.15) is 5.76 Å². The van der Waals surface area contributed by atoms with Crippen LogP contribution in [0.2, 0.25) is 0 Å². The van der Waals surface area contributed by atoms with Crippen molar-refractivity contribution in [2.45, 2.75) is 20.3 Å². The lowest BCUT2D eigenvalue weighted by atomic mass is 10.0. The normalized spacial score (nSPS) is 10.5. The summed E-state index contributed by atoms with van der Waals surface area (Å²) in [5.74, 6) is 0.608. The lowest BCUT2D eigenvalue weighted by Gasteiger charge is -2.11. The maximum Gasteiger partial charge on any atom is 0.229 e. The molecule has 116 valence electrons. The third kappa shape index (κ3) is 3.31. The third-order valence-corrected chi connectivity index (χ3v) is 3.80. The van der Waals surface area contributed by atoms with Gasteiger partial charge >= 0.3 is 0 Å². The van der Waals surface area contributed by atoms with Crippen molar-refractivity contribution in [3.05, 3.63) is 71.6 Å². The minimum atomic E-state index is -0.0808. The van der Waals surface area contributed by atoms with Gasteiger partial charge in [-0.3, -0.25) is 4.79 Å². The minimum absolute atomic E-state index is 0.0808. The number of para-hydroxylation sites is 1. The van der Waals surface area contributed by atoms with Gasteiger partial charge in [-0.1, -0.05) is 53.7 Å². The topological polar surface area (TPSA) is 55.1 Å². The predicted molar refractivity (Wildman–Crippen MR) is 90.2 cm³/mol. The van der Waals surface area contributed by atoms with E-state index in [1.807, 2.05) is 68.4 Å². The fourth-order valence-electron chi connectivity index (χ4n) is 2.57. The van der Waals surface area contributed by atoms with Crippen molar-refractivity contribution >= 4 is 11.6 Å². The van der Waals surface area contributed by atoms with E-state index in [-0.39, 0.29) is 12.3 Å². The van der Waals surface area contributed by atoms with Crippen molar-refractivity contribution in [1.29, 1.82) is 0 Å². The van der Waals surface area contributed by atoms with Gasteiger partial charge in [-0.15, -0.1) is 0 Å². The van der Waals surface area contributed by atoms with Crippen LogP contribution in [-0.4, -0.2) is 11.1 Å². The molecule has 0 saturated heterocycles. The van der Waals surface area contributed by atoms with Crippen LogP contribution >= 0.6 is 0 Å². The first-order chi connectivity index (χ1) is 11.1. The van der Waals surface area contributed by atoms with Crippen LogP contribution in [0.15, 0.2) is 59.1 Å². The van der Waals surface area contributed by atoms with Crippen molar-refractivity contribution in [2.24, 2.45) is 0 Å². The lowest BCUT2D eigenvalue weighted by Crippen LogP contribution is -2.15. The van der Waals surface area contributed by atoms with Crippen LogP contribution < -0.4 is 5.32 Å². The summed E-state index contributed by atoms with van der Waals surface area (Å²) < 4.78 is 5.11. The van der Waals surface area contributed by atoms with E-state index in [9.17, 15) is 4.79 Å². The molecule has 23 heavy (non-hydrogen) atoms. The molecule has 0 spiro atoms. The molecule has 0 saturated carbocycles. The van der Waals surface area contributed by atoms with Crippen molar-refractivity contribution in [2.75, 3.05) is 5.32 Å². The van der Waals surface area contributed by atoms with E-state index >= 15 is 0 Å². The molecule has 3 aromatic rings. The molecule has 0 bridgehead atoms. The van der Waals surface area contributed by atoms with E-state index in [1.165, 1.54) is 0 Å². The minimum Gasteiger partial charge on any atom is -0.361 e. The average Bonchev–Trinajstić information content (AvgIpc) is 2.88. The summed E-state index contributed by atoms with van der Waals surface area (Å²) in [7, 11) is 0. The van der Waals surface area contributed by atoms with Gasteiger partial charge in [0.05, 0.1) is 12.1 Å². The Kier molecular flexibility index (Phi) is 4.24. The first-order valence-corrected chi connectivity index (χ1v) is 7.51. The zero-order valence-electron chi connectivity index (χ0n) is 13.2. The fourth-order valence-corrected chi connectivity index (χ4v) is 2.57. The molecule has 0 radical (unpaired) electrons. The molecule has 4 heteroatoms. The lowest BCUT2D eigenvalue weighted by molar-refractivity contribution is -0.115. The smallest absolute Gasteiger partial charge is 0.229 e. The number of nitrogens with zero attached hydrogens (tertiary/aromatic N) is 1. The molecular formula is C19H18N2O2. The Morgan fingerprint density at radius 1 is 1.04 bits per heavy atom. The SMILES string of the molecule is Cc1noc(C)c1CC(=O)Nc1ccccc1-c1ccccc1. The summed E-state index contributed by atoms with van der Waals surface area (Å²) in [5.41, 5.74) is 4.48. The van der Waals surface area contributed by atoms with Crippen LogP contribution in [-0.2, 0) is 11.2 Å². The number of benzene rings is 2. The maximum atomic E-state index is 12.4. The summed E-state index contributed by atoms with van der Waals surface area (Å²) in [6, 6.07) is 17.8. The van der Waals surface area contributed by atoms with Crippen molar-refractivity contribution in [3.8, 4) is 11.1 Å². The highest BCUT2D eigenvalue weighted by Crippen LogP contribution is 2.27. The number of aryl methyl sites for hydroxylation is 2. The first-order valence-electron chi connectivity index (χ1n) is 7.51. The Labute approximate surface area is 135 Å². The van der Waals surface area contributed by atoms with Gasteiger partial charge in [0.2, 0.25) is 5.91 Å². The highest BCUT2D eigenvalue weighted by atomic mass is 16.5. The van der Waals surface area contributed by atoms with Gasteiger partial charge < -0.3 is 9.84 Å². The number of anilines is 1. The number of rotatable bonds is 4. The Hall–Kier alpha value is -2.88. The number of carbonyl (C=O) groups is 1. The number of carbonyl (C=O) groups excluding carboxylic acids is 1. The fraction of sp³-hybridized carbons (Fsp3) is 0.158. The van der Waals surface area contributed by atoms with Crippen LogP contribution in [0, 0.1) is 13.8 Å². The molecule has 1 heterocycles. The second-order valence-corrected chi connectivity index (χ2v) is 5.44. The Morgan fingerprint density at radius 2 is 1.74 bits per heavy atom. The van der Waals surface area contributed by atoms with Crippen LogP contribution in [0.1, 0.15) is 17.0 Å². The van der Waals surface area contributed by atoms with Gasteiger partial charge in [-0.25, -0.2) is 0 Å². The molecule has 3 rings (SSSR count). The molecule has 1 aromatic heterocycles. The van der Waals surface area contributed by atoms with Crippen molar-refractivity contribution in [1.82, 2.24) is 5.16 Å². The molecule has 1 N–H and O–H groups in total. The predicted octanol–water partition coefficient (Wildman–Crippen LogP) is 4.14. The Balaban J connectivity index is 1.82. The highest BCUT2D eigenvalue weighted by Gasteiger charge is 2.14. The van der Waals surface area contributed by atoms with Gasteiger partial charge in [0.15, 0.2) is 0 Å². The van der Waals surface area contributed by atoms with E-state index < -0.39 is 0 Å². The molecule has 0 aliphatic rings. The summed E-state index contributed by atoms with van der Waals surface area (Å²) in [6.45, 7) is 3.66. The molecule has 2 aromatic carbocycles. The van der Waals surface area contributed by atoms with Gasteiger partial charge in [0, 0.05) is 16.8 Å². The molecule has 0 unspecified atom stereocenters. The standard InChI is InChI=1S/C19H18N2O2/c1-13-17(14(2)23-21-13)12-19(22)20-18-11-7-6-10-16(18)15-8-4-3-5-9-15/h3-11H,12H2,1-2H3,(H,20,22). The number of hydrogen-bond acceptors (Lipinski definition) is 3. The zero-order chi connectivity index (χ0) is 16.2. The van der Waals surface area contributed by atoms with E-state index in [1.54, 1.807) is 0 Å². The average molecular weight is 306 g/mol. The quantitative estimate of drug-likeness (QED) is 0.788. The Morgan fingerprint density at radius 3 is 2.43 bits per heavy atom. The Bertz CT molecular complexity index is 803. The molecule has 0 aliphatic heterocycles. The van der Waals surface area contributed by atoms with Crippen molar-refractivity contribution < 1.29 is 9.32 Å². The van der Waals surface area contributed by atoms with Gasteiger partial charge in [-0.05, 0) is 25.5 Å². The van der Waals surface area contributed by atoms with E-state index in [2.05, 4.69) is 10.5 Å². The number of hydrogen-bond donors (Lipinski definition) is 1. The van der Waals surface area contributed by atoms with Crippen molar-refractivity contribution in [3.63, 3.8) is 0 Å². The highest BCUT2D eigenvalue weighted by molar-refractivity contribution is 5.96. The monoisotopic (exact) mass is 306 g/mol. The largest absolute Gasteiger partial charge is 0.361 e. The van der Waals surface area contributed by atoms with Crippen LogP contribution in [0.5, 0.6) is 0 Å². The molecule has 1 amide bonds. The number of nitrogens with one attached hydrogen (secondary N) is 1. The number of amides is 1. The molecule has 0 fully saturated rings. The third-order valence-electron chi connectivity index (χ3n) is 3.80. The van der Waals surface area contributed by atoms with Gasteiger partial charge in [-0.2, -0.15) is 0 Å². The van der Waals surface area contributed by atoms with Gasteiger partial charge in [0.25, 0.3) is 0 Å². The summed E-state index contributed by atoms with van der Waals surface area (Å²) >= 11 is 0. The summed E-state index contributed by atoms with van der Waals surface area (Å²) in [6.07, 6.45) is 0.254. The molecular weight excluding hydrogens is 288 g/mol. The second-order valence-electron chi connectivity index (χ2n) is 5.44. The van der Waals surface area contributed by atoms with Crippen LogP contribution in [0.25, 0.3) is 11.1 Å². The van der Waals surface area contributed by atoms with E-state index in [0.29, 0.717) is 5.76 Å². The maximum absolute atomic E-state index is 12.4. The van der Waals surface area contributed by atoms with E-state index in [0.717, 1.165) is 28.1 Å². The first kappa shape index (κ1) is 15.0. The molecule has 4 nitrogen and oxygen atoms in total. The zero-order valence-corrected chi connectivity index (χ0v) is 13.2. The van der Waals surface area contributed by atoms with Crippen LogP contribution in [0.4, 0.5) is 5.69 Å². The summed E-state index contributed by atoms with van der Waals surface area (Å²) in [5, 5.41) is 6.88.